The first-order valence-corrected chi connectivity index (χ1v) is 14.7. The fraction of sp³-hybridized carbons (Fsp3) is 0.724. The molecule has 2 N–H and O–H groups in total. The molecule has 2 fully saturated rings. The highest BCUT2D eigenvalue weighted by atomic mass is 32.1. The summed E-state index contributed by atoms with van der Waals surface area (Å²) in [6, 6.07) is -0.148. The molecule has 7 atom stereocenters. The molecule has 0 radical (unpaired) electrons. The average Bonchev–Trinajstić information content (AvgIpc) is 3.39. The molecule has 1 aromatic heterocycles. The van der Waals surface area contributed by atoms with E-state index in [4.69, 9.17) is 9.47 Å². The van der Waals surface area contributed by atoms with Gasteiger partial charge in [0.1, 0.15) is 18.5 Å². The van der Waals surface area contributed by atoms with Crippen LogP contribution in [0.4, 0.5) is 0 Å². The number of aliphatic hydroxyl groups excluding tert-OH is 2. The van der Waals surface area contributed by atoms with Crippen LogP contribution in [0.15, 0.2) is 11.0 Å². The lowest BCUT2D eigenvalue weighted by Crippen LogP contribution is -2.45. The lowest BCUT2D eigenvalue weighted by Gasteiger charge is -2.34. The summed E-state index contributed by atoms with van der Waals surface area (Å²) in [5, 5.41) is 24.7. The van der Waals surface area contributed by atoms with Crippen molar-refractivity contribution in [1.82, 2.24) is 9.88 Å². The number of ether oxygens (including phenoxy) is 2. The van der Waals surface area contributed by atoms with Gasteiger partial charge in [0.25, 0.3) is 0 Å². The fourth-order valence-electron chi connectivity index (χ4n) is 5.66. The van der Waals surface area contributed by atoms with E-state index in [2.05, 4.69) is 4.98 Å². The second-order valence-corrected chi connectivity index (χ2v) is 12.8. The van der Waals surface area contributed by atoms with Gasteiger partial charge in [0, 0.05) is 24.8 Å². The van der Waals surface area contributed by atoms with Gasteiger partial charge >= 0.3 is 5.97 Å². The third kappa shape index (κ3) is 7.54. The van der Waals surface area contributed by atoms with E-state index in [1.54, 1.807) is 25.7 Å². The van der Waals surface area contributed by atoms with Crippen molar-refractivity contribution in [3.8, 4) is 0 Å². The molecule has 218 valence electrons. The summed E-state index contributed by atoms with van der Waals surface area (Å²) < 4.78 is 11.0. The number of thiazole rings is 1. The summed E-state index contributed by atoms with van der Waals surface area (Å²) in [5.74, 6) is -1.89. The normalized spacial score (nSPS) is 32.9. The van der Waals surface area contributed by atoms with Crippen molar-refractivity contribution >= 4 is 35.1 Å². The second kappa shape index (κ2) is 13.0. The van der Waals surface area contributed by atoms with Gasteiger partial charge in [-0.15, -0.1) is 11.3 Å². The van der Waals surface area contributed by atoms with E-state index in [-0.39, 0.29) is 42.7 Å². The summed E-state index contributed by atoms with van der Waals surface area (Å²) >= 11 is 1.53. The molecule has 0 aliphatic carbocycles. The van der Waals surface area contributed by atoms with E-state index in [1.807, 2.05) is 32.2 Å². The lowest BCUT2D eigenvalue weighted by molar-refractivity contribution is -0.154. The van der Waals surface area contributed by atoms with E-state index in [0.717, 1.165) is 29.1 Å². The third-order valence-electron chi connectivity index (χ3n) is 8.37. The molecular weight excluding hydrogens is 520 g/mol. The van der Waals surface area contributed by atoms with Gasteiger partial charge in [-0.25, -0.2) is 4.98 Å². The molecule has 2 saturated heterocycles. The van der Waals surface area contributed by atoms with Crippen molar-refractivity contribution < 1.29 is 34.1 Å². The number of carbonyl (C=O) groups excluding carboxylic acids is 3. The first-order chi connectivity index (χ1) is 18.3. The summed E-state index contributed by atoms with van der Waals surface area (Å²) in [7, 11) is 1.48. The van der Waals surface area contributed by atoms with Gasteiger partial charge in [0.2, 0.25) is 5.91 Å². The highest BCUT2D eigenvalue weighted by molar-refractivity contribution is 7.09. The molecule has 7 unspecified atom stereocenters. The lowest BCUT2D eigenvalue weighted by atomic mass is 9.73. The molecule has 10 heteroatoms. The van der Waals surface area contributed by atoms with Crippen LogP contribution in [0.25, 0.3) is 6.08 Å². The van der Waals surface area contributed by atoms with Gasteiger partial charge in [0.05, 0.1) is 46.8 Å². The van der Waals surface area contributed by atoms with Crippen LogP contribution >= 0.6 is 11.3 Å². The van der Waals surface area contributed by atoms with E-state index in [0.29, 0.717) is 12.8 Å². The van der Waals surface area contributed by atoms with Crippen LogP contribution in [0.5, 0.6) is 0 Å². The van der Waals surface area contributed by atoms with Crippen LogP contribution in [-0.2, 0) is 23.9 Å². The smallest absolute Gasteiger partial charge is 0.309 e. The minimum absolute atomic E-state index is 0.0241. The zero-order valence-corrected chi connectivity index (χ0v) is 25.0. The Hall–Kier alpha value is -2.14. The molecule has 39 heavy (non-hydrogen) atoms. The van der Waals surface area contributed by atoms with Crippen molar-refractivity contribution in [2.24, 2.45) is 17.3 Å². The third-order valence-corrected chi connectivity index (χ3v) is 9.16. The number of rotatable bonds is 4. The fourth-order valence-corrected chi connectivity index (χ4v) is 6.23. The SMILES string of the molecule is COCC(=O)N1C2CCCC(C)C(O)C(C)C(=O)C(C)(C)C(O)CC(=O)OC(/C(C)=C/c3csc(C)n3)CC21. The Morgan fingerprint density at radius 2 is 1.95 bits per heavy atom. The van der Waals surface area contributed by atoms with Gasteiger partial charge in [-0.3, -0.25) is 14.4 Å². The largest absolute Gasteiger partial charge is 0.458 e. The molecule has 0 bridgehead atoms. The van der Waals surface area contributed by atoms with Gasteiger partial charge < -0.3 is 24.6 Å². The maximum atomic E-state index is 13.3. The van der Waals surface area contributed by atoms with Crippen LogP contribution in [0.1, 0.15) is 77.4 Å². The predicted octanol–water partition coefficient (Wildman–Crippen LogP) is 3.55. The molecule has 9 nitrogen and oxygen atoms in total. The monoisotopic (exact) mass is 564 g/mol. The Kier molecular flexibility index (Phi) is 10.5. The average molecular weight is 565 g/mol. The number of nitrogens with zero attached hydrogens (tertiary/aromatic N) is 2. The number of Topliss-reactive ketones (excluding diaryl/α,β-unsaturated/α-hetero) is 1. The molecule has 1 amide bonds. The number of methoxy groups -OCH3 is 1. The zero-order valence-electron chi connectivity index (χ0n) is 24.2. The molecule has 0 aromatic carbocycles. The van der Waals surface area contributed by atoms with Crippen LogP contribution in [-0.4, -0.2) is 81.9 Å². The van der Waals surface area contributed by atoms with Gasteiger partial charge in [0.15, 0.2) is 0 Å². The van der Waals surface area contributed by atoms with Crippen molar-refractivity contribution in [2.45, 2.75) is 104 Å². The Bertz CT molecular complexity index is 1070. The van der Waals surface area contributed by atoms with Crippen LogP contribution < -0.4 is 0 Å². The highest BCUT2D eigenvalue weighted by Gasteiger charge is 2.51. The maximum Gasteiger partial charge on any atom is 0.309 e. The van der Waals surface area contributed by atoms with Gasteiger partial charge in [-0.2, -0.15) is 0 Å². The molecule has 3 rings (SSSR count). The quantitative estimate of drug-likeness (QED) is 0.420. The Labute approximate surface area is 235 Å². The van der Waals surface area contributed by atoms with Crippen molar-refractivity contribution in [3.63, 3.8) is 0 Å². The number of hydrogen-bond donors (Lipinski definition) is 2. The molecular formula is C29H44N2O7S. The maximum absolute atomic E-state index is 13.3. The predicted molar refractivity (Wildman–Crippen MR) is 149 cm³/mol. The minimum atomic E-state index is -1.28. The first kappa shape index (κ1) is 31.4. The molecule has 0 spiro atoms. The number of aliphatic hydroxyl groups is 2. The zero-order chi connectivity index (χ0) is 29.1. The Morgan fingerprint density at radius 1 is 1.26 bits per heavy atom. The van der Waals surface area contributed by atoms with E-state index in [9.17, 15) is 24.6 Å². The molecule has 2 aliphatic rings. The number of cyclic esters (lactones) is 1. The van der Waals surface area contributed by atoms with Gasteiger partial charge in [-0.05, 0) is 44.3 Å². The van der Waals surface area contributed by atoms with Crippen molar-refractivity contribution in [1.29, 1.82) is 0 Å². The summed E-state index contributed by atoms with van der Waals surface area (Å²) in [6.07, 6.45) is 1.32. The number of amides is 1. The van der Waals surface area contributed by atoms with Crippen LogP contribution in [0, 0.1) is 24.2 Å². The van der Waals surface area contributed by atoms with E-state index in [1.165, 1.54) is 18.4 Å². The molecule has 0 saturated carbocycles. The summed E-state index contributed by atoms with van der Waals surface area (Å²) in [6.45, 7) is 10.6. The number of fused-ring (bicyclic) bond motifs is 1. The number of aryl methyl sites for hydroxylation is 1. The first-order valence-electron chi connectivity index (χ1n) is 13.8. The topological polar surface area (TPSA) is 126 Å². The van der Waals surface area contributed by atoms with Crippen molar-refractivity contribution in [3.05, 3.63) is 21.7 Å². The Balaban J connectivity index is 1.92. The van der Waals surface area contributed by atoms with E-state index >= 15 is 0 Å². The highest BCUT2D eigenvalue weighted by Crippen LogP contribution is 2.39. The summed E-state index contributed by atoms with van der Waals surface area (Å²) in [4.78, 5) is 45.5. The van der Waals surface area contributed by atoms with E-state index < -0.39 is 35.6 Å². The Morgan fingerprint density at radius 3 is 2.56 bits per heavy atom. The second-order valence-electron chi connectivity index (χ2n) is 11.8. The summed E-state index contributed by atoms with van der Waals surface area (Å²) in [5.41, 5.74) is 0.306. The molecule has 3 heterocycles. The van der Waals surface area contributed by atoms with Crippen LogP contribution in [0.2, 0.25) is 0 Å². The molecule has 2 aliphatic heterocycles. The van der Waals surface area contributed by atoms with Gasteiger partial charge in [-0.1, -0.05) is 34.1 Å². The van der Waals surface area contributed by atoms with Crippen LogP contribution in [0.3, 0.4) is 0 Å². The number of hydrogen-bond acceptors (Lipinski definition) is 9. The van der Waals surface area contributed by atoms with Crippen molar-refractivity contribution in [2.75, 3.05) is 13.7 Å². The minimum Gasteiger partial charge on any atom is -0.458 e. The molecule has 1 aromatic rings. The standard InChI is InChI=1S/C29H44N2O7S/c1-16-9-8-10-21-22(31(21)25(33)14-37-7)12-23(17(2)11-20-15-39-19(4)30-20)38-26(34)13-24(32)29(5,6)28(36)18(3)27(16)35/h11,15-16,18,21-24,27,32,35H,8-10,12-14H2,1-7H3/b17-11+. The number of esters is 1. The number of aromatic nitrogens is 1. The number of ketones is 1. The number of carbonyl (C=O) groups is 3.